The Balaban J connectivity index is 2.48. The summed E-state index contributed by atoms with van der Waals surface area (Å²) in [6.45, 7) is 6.76. The van der Waals surface area contributed by atoms with Gasteiger partial charge in [-0.25, -0.2) is 0 Å². The van der Waals surface area contributed by atoms with E-state index in [1.807, 2.05) is 24.3 Å². The maximum atomic E-state index is 9.52. The van der Waals surface area contributed by atoms with Gasteiger partial charge in [0.1, 0.15) is 11.5 Å². The van der Waals surface area contributed by atoms with E-state index in [-0.39, 0.29) is 22.8 Å². The highest BCUT2D eigenvalue weighted by atomic mass is 16.3. The molecule has 0 unspecified atom stereocenters. The van der Waals surface area contributed by atoms with Crippen LogP contribution in [0.15, 0.2) is 48.5 Å². The van der Waals surface area contributed by atoms with Gasteiger partial charge in [0.2, 0.25) is 0 Å². The van der Waals surface area contributed by atoms with Gasteiger partial charge in [0, 0.05) is 5.92 Å². The largest absolute Gasteiger partial charge is 0.508 e. The van der Waals surface area contributed by atoms with Crippen molar-refractivity contribution in [3.63, 3.8) is 0 Å². The molecule has 0 aliphatic rings. The van der Waals surface area contributed by atoms with Crippen molar-refractivity contribution < 1.29 is 10.2 Å². The molecular formula is C19H24O2. The van der Waals surface area contributed by atoms with Crippen molar-refractivity contribution in [2.75, 3.05) is 0 Å². The van der Waals surface area contributed by atoms with Crippen molar-refractivity contribution in [3.05, 3.63) is 59.7 Å². The lowest BCUT2D eigenvalue weighted by atomic mass is 9.69. The van der Waals surface area contributed by atoms with E-state index in [1.54, 1.807) is 24.3 Å². The van der Waals surface area contributed by atoms with Crippen LogP contribution in [0.4, 0.5) is 0 Å². The highest BCUT2D eigenvalue weighted by molar-refractivity contribution is 5.39. The number of aromatic hydroxyl groups is 2. The molecule has 0 saturated heterocycles. The van der Waals surface area contributed by atoms with Crippen molar-refractivity contribution in [3.8, 4) is 11.5 Å². The summed E-state index contributed by atoms with van der Waals surface area (Å²) in [4.78, 5) is 0. The van der Waals surface area contributed by atoms with Crippen LogP contribution in [0.5, 0.6) is 11.5 Å². The summed E-state index contributed by atoms with van der Waals surface area (Å²) < 4.78 is 0. The lowest BCUT2D eigenvalue weighted by Crippen LogP contribution is -2.23. The number of rotatable bonds is 5. The van der Waals surface area contributed by atoms with E-state index in [2.05, 4.69) is 20.8 Å². The minimum Gasteiger partial charge on any atom is -0.508 e. The number of hydrogen-bond acceptors (Lipinski definition) is 2. The lowest BCUT2D eigenvalue weighted by Gasteiger charge is -2.35. The number of phenolic OH excluding ortho intramolecular Hbond substituents is 2. The molecule has 21 heavy (non-hydrogen) atoms. The highest BCUT2D eigenvalue weighted by Crippen LogP contribution is 2.44. The van der Waals surface area contributed by atoms with Crippen LogP contribution < -0.4 is 0 Å². The standard InChI is InChI=1S/C19H24O2/c1-4-13-19(2,3)18(14-5-9-16(20)10-6-14)15-7-11-17(21)12-8-15/h5-12,18,20-21H,4,13H2,1-3H3. The molecule has 112 valence electrons. The van der Waals surface area contributed by atoms with E-state index >= 15 is 0 Å². The van der Waals surface area contributed by atoms with E-state index in [1.165, 1.54) is 11.1 Å². The third-order valence-electron chi connectivity index (χ3n) is 4.13. The van der Waals surface area contributed by atoms with Crippen molar-refractivity contribution in [1.29, 1.82) is 0 Å². The molecule has 2 aromatic rings. The first kappa shape index (κ1) is 15.4. The van der Waals surface area contributed by atoms with Crippen LogP contribution in [-0.4, -0.2) is 10.2 Å². The van der Waals surface area contributed by atoms with Gasteiger partial charge in [-0.3, -0.25) is 0 Å². The molecule has 0 atom stereocenters. The second-order valence-corrected chi connectivity index (χ2v) is 6.35. The Labute approximate surface area is 127 Å². The average molecular weight is 284 g/mol. The molecule has 0 heterocycles. The minimum atomic E-state index is 0.0999. The summed E-state index contributed by atoms with van der Waals surface area (Å²) in [5.41, 5.74) is 2.48. The molecule has 0 saturated carbocycles. The molecule has 0 aromatic heterocycles. The zero-order chi connectivity index (χ0) is 15.5. The van der Waals surface area contributed by atoms with E-state index in [9.17, 15) is 10.2 Å². The van der Waals surface area contributed by atoms with Crippen LogP contribution in [0.1, 0.15) is 50.7 Å². The molecule has 2 heteroatoms. The van der Waals surface area contributed by atoms with Gasteiger partial charge in [-0.2, -0.15) is 0 Å². The molecule has 2 nitrogen and oxygen atoms in total. The first-order valence-electron chi connectivity index (χ1n) is 7.52. The first-order chi connectivity index (χ1) is 9.94. The molecule has 2 N–H and O–H groups in total. The molecule has 0 fully saturated rings. The SMILES string of the molecule is CCCC(C)(C)C(c1ccc(O)cc1)c1ccc(O)cc1. The maximum Gasteiger partial charge on any atom is 0.115 e. The lowest BCUT2D eigenvalue weighted by molar-refractivity contribution is 0.288. The van der Waals surface area contributed by atoms with Gasteiger partial charge in [0.15, 0.2) is 0 Å². The summed E-state index contributed by atoms with van der Waals surface area (Å²) in [5.74, 6) is 0.812. The Kier molecular flexibility index (Phi) is 4.56. The zero-order valence-electron chi connectivity index (χ0n) is 13.0. The third kappa shape index (κ3) is 3.57. The second kappa shape index (κ2) is 6.21. The molecule has 0 radical (unpaired) electrons. The van der Waals surface area contributed by atoms with Gasteiger partial charge in [-0.05, 0) is 47.2 Å². The third-order valence-corrected chi connectivity index (χ3v) is 4.13. The van der Waals surface area contributed by atoms with Crippen LogP contribution in [0.25, 0.3) is 0 Å². The summed E-state index contributed by atoms with van der Waals surface area (Å²) in [6.07, 6.45) is 2.24. The second-order valence-electron chi connectivity index (χ2n) is 6.35. The van der Waals surface area contributed by atoms with Gasteiger partial charge in [-0.15, -0.1) is 0 Å². The topological polar surface area (TPSA) is 40.5 Å². The van der Waals surface area contributed by atoms with Crippen LogP contribution >= 0.6 is 0 Å². The highest BCUT2D eigenvalue weighted by Gasteiger charge is 2.31. The average Bonchev–Trinajstić information content (AvgIpc) is 2.43. The summed E-state index contributed by atoms with van der Waals surface area (Å²) in [5, 5.41) is 19.0. The molecular weight excluding hydrogens is 260 g/mol. The van der Waals surface area contributed by atoms with E-state index < -0.39 is 0 Å². The minimum absolute atomic E-state index is 0.0999. The zero-order valence-corrected chi connectivity index (χ0v) is 13.0. The number of phenols is 2. The molecule has 2 rings (SSSR count). The Morgan fingerprint density at radius 3 is 1.52 bits per heavy atom. The fraction of sp³-hybridized carbons (Fsp3) is 0.368. The van der Waals surface area contributed by atoms with E-state index in [0.29, 0.717) is 0 Å². The molecule has 0 amide bonds. The van der Waals surface area contributed by atoms with Gasteiger partial charge in [0.25, 0.3) is 0 Å². The number of hydrogen-bond donors (Lipinski definition) is 2. The van der Waals surface area contributed by atoms with Crippen molar-refractivity contribution in [2.45, 2.75) is 39.5 Å². The predicted molar refractivity (Wildman–Crippen MR) is 86.7 cm³/mol. The Morgan fingerprint density at radius 1 is 0.810 bits per heavy atom. The van der Waals surface area contributed by atoms with Crippen molar-refractivity contribution in [2.24, 2.45) is 5.41 Å². The van der Waals surface area contributed by atoms with E-state index in [4.69, 9.17) is 0 Å². The van der Waals surface area contributed by atoms with Crippen LogP contribution in [0.2, 0.25) is 0 Å². The van der Waals surface area contributed by atoms with Crippen LogP contribution in [0, 0.1) is 5.41 Å². The quantitative estimate of drug-likeness (QED) is 0.806. The van der Waals surface area contributed by atoms with Gasteiger partial charge in [0.05, 0.1) is 0 Å². The molecule has 0 aliphatic carbocycles. The fourth-order valence-electron chi connectivity index (χ4n) is 3.22. The number of benzene rings is 2. The van der Waals surface area contributed by atoms with Gasteiger partial charge < -0.3 is 10.2 Å². The Morgan fingerprint density at radius 2 is 1.19 bits per heavy atom. The van der Waals surface area contributed by atoms with E-state index in [0.717, 1.165) is 12.8 Å². The summed E-state index contributed by atoms with van der Waals surface area (Å²) in [7, 11) is 0. The molecule has 2 aromatic carbocycles. The molecule has 0 spiro atoms. The normalized spacial score (nSPS) is 11.8. The fourth-order valence-corrected chi connectivity index (χ4v) is 3.22. The summed E-state index contributed by atoms with van der Waals surface area (Å²) in [6, 6.07) is 14.9. The van der Waals surface area contributed by atoms with Crippen molar-refractivity contribution >= 4 is 0 Å². The van der Waals surface area contributed by atoms with Gasteiger partial charge >= 0.3 is 0 Å². The smallest absolute Gasteiger partial charge is 0.115 e. The molecule has 0 aliphatic heterocycles. The maximum absolute atomic E-state index is 9.52. The first-order valence-corrected chi connectivity index (χ1v) is 7.52. The molecule has 0 bridgehead atoms. The van der Waals surface area contributed by atoms with Crippen LogP contribution in [0.3, 0.4) is 0 Å². The monoisotopic (exact) mass is 284 g/mol. The summed E-state index contributed by atoms with van der Waals surface area (Å²) >= 11 is 0. The Bertz CT molecular complexity index is 522. The van der Waals surface area contributed by atoms with Crippen LogP contribution in [-0.2, 0) is 0 Å². The Hall–Kier alpha value is -1.96. The van der Waals surface area contributed by atoms with Gasteiger partial charge in [-0.1, -0.05) is 51.5 Å². The predicted octanol–water partition coefficient (Wildman–Crippen LogP) is 5.06. The van der Waals surface area contributed by atoms with Crippen molar-refractivity contribution in [1.82, 2.24) is 0 Å².